The van der Waals surface area contributed by atoms with E-state index in [9.17, 15) is 4.79 Å². The number of hydrogen-bond donors (Lipinski definition) is 1. The average Bonchev–Trinajstić information content (AvgIpc) is 2.42. The number of hydrogen-bond acceptors (Lipinski definition) is 4. The van der Waals surface area contributed by atoms with Gasteiger partial charge in [0.25, 0.3) is 0 Å². The maximum Gasteiger partial charge on any atom is 0.308 e. The largest absolute Gasteiger partial charge is 0.469 e. The summed E-state index contributed by atoms with van der Waals surface area (Å²) in [5, 5.41) is 3.60. The summed E-state index contributed by atoms with van der Waals surface area (Å²) in [6.45, 7) is 11.4. The molecule has 0 radical (unpaired) electrons. The molecule has 2 heterocycles. The molecule has 0 amide bonds. The number of carbonyl (C=O) groups excluding carboxylic acids is 1. The van der Waals surface area contributed by atoms with E-state index in [1.807, 2.05) is 0 Å². The SMILES string of the molecule is COC(=O)[C@@H]1CCN[C@H](CN2C(C)(C)CCCC2(C)C)C1. The Morgan fingerprint density at radius 3 is 2.43 bits per heavy atom. The summed E-state index contributed by atoms with van der Waals surface area (Å²) in [6.07, 6.45) is 5.61. The highest BCUT2D eigenvalue weighted by atomic mass is 16.5. The molecule has 0 aromatic heterocycles. The van der Waals surface area contributed by atoms with E-state index < -0.39 is 0 Å². The third kappa shape index (κ3) is 3.78. The van der Waals surface area contributed by atoms with Crippen LogP contribution < -0.4 is 5.32 Å². The number of likely N-dealkylation sites (tertiary alicyclic amines) is 1. The number of carbonyl (C=O) groups is 1. The molecule has 2 aliphatic rings. The molecular weight excluding hydrogens is 264 g/mol. The van der Waals surface area contributed by atoms with Crippen molar-refractivity contribution in [3.8, 4) is 0 Å². The lowest BCUT2D eigenvalue weighted by Crippen LogP contribution is -2.62. The van der Waals surface area contributed by atoms with Crippen molar-refractivity contribution in [3.05, 3.63) is 0 Å². The van der Waals surface area contributed by atoms with Crippen LogP contribution >= 0.6 is 0 Å². The summed E-state index contributed by atoms with van der Waals surface area (Å²) in [5.41, 5.74) is 0.475. The average molecular weight is 296 g/mol. The van der Waals surface area contributed by atoms with Crippen LogP contribution in [0.5, 0.6) is 0 Å². The Kier molecular flexibility index (Phi) is 4.99. The molecule has 122 valence electrons. The lowest BCUT2D eigenvalue weighted by Gasteiger charge is -2.54. The Labute approximate surface area is 129 Å². The van der Waals surface area contributed by atoms with E-state index in [1.54, 1.807) is 0 Å². The molecule has 0 unspecified atom stereocenters. The minimum absolute atomic E-state index is 0.0429. The van der Waals surface area contributed by atoms with E-state index in [-0.39, 0.29) is 23.0 Å². The summed E-state index contributed by atoms with van der Waals surface area (Å²) in [6, 6.07) is 0.388. The molecule has 0 aromatic carbocycles. The van der Waals surface area contributed by atoms with Crippen LogP contribution in [0.25, 0.3) is 0 Å². The molecule has 4 nitrogen and oxygen atoms in total. The molecule has 0 saturated carbocycles. The van der Waals surface area contributed by atoms with Crippen LogP contribution in [0.15, 0.2) is 0 Å². The maximum absolute atomic E-state index is 11.8. The van der Waals surface area contributed by atoms with Gasteiger partial charge >= 0.3 is 5.97 Å². The Hall–Kier alpha value is -0.610. The van der Waals surface area contributed by atoms with Crippen LogP contribution in [0.4, 0.5) is 0 Å². The minimum Gasteiger partial charge on any atom is -0.469 e. The first-order chi connectivity index (χ1) is 9.76. The quantitative estimate of drug-likeness (QED) is 0.813. The molecule has 0 aliphatic carbocycles. The normalized spacial score (nSPS) is 32.6. The first-order valence-electron chi connectivity index (χ1n) is 8.35. The van der Waals surface area contributed by atoms with Crippen molar-refractivity contribution in [1.82, 2.24) is 10.2 Å². The number of rotatable bonds is 3. The number of nitrogens with zero attached hydrogens (tertiary/aromatic N) is 1. The van der Waals surface area contributed by atoms with E-state index in [0.717, 1.165) is 25.9 Å². The zero-order valence-electron chi connectivity index (χ0n) is 14.4. The summed E-state index contributed by atoms with van der Waals surface area (Å²) in [7, 11) is 1.50. The molecule has 2 rings (SSSR count). The van der Waals surface area contributed by atoms with Crippen molar-refractivity contribution < 1.29 is 9.53 Å². The van der Waals surface area contributed by atoms with Crippen LogP contribution in [0.2, 0.25) is 0 Å². The zero-order valence-corrected chi connectivity index (χ0v) is 14.4. The van der Waals surface area contributed by atoms with Crippen molar-refractivity contribution in [1.29, 1.82) is 0 Å². The van der Waals surface area contributed by atoms with Gasteiger partial charge in [-0.25, -0.2) is 0 Å². The standard InChI is InChI=1S/C17H32N2O2/c1-16(2)8-6-9-17(3,4)19(16)12-14-11-13(7-10-18-14)15(20)21-5/h13-14,18H,6-12H2,1-5H3/t13-,14+/m1/s1. The molecular formula is C17H32N2O2. The molecule has 0 spiro atoms. The Morgan fingerprint density at radius 1 is 1.24 bits per heavy atom. The fraction of sp³-hybridized carbons (Fsp3) is 0.941. The van der Waals surface area contributed by atoms with Gasteiger partial charge < -0.3 is 10.1 Å². The molecule has 1 N–H and O–H groups in total. The fourth-order valence-electron chi connectivity index (χ4n) is 4.28. The second kappa shape index (κ2) is 6.25. The molecule has 0 bridgehead atoms. The minimum atomic E-state index is -0.0429. The maximum atomic E-state index is 11.8. The van der Waals surface area contributed by atoms with Gasteiger partial charge in [0, 0.05) is 23.7 Å². The number of ether oxygens (including phenoxy) is 1. The monoisotopic (exact) mass is 296 g/mol. The van der Waals surface area contributed by atoms with E-state index in [1.165, 1.54) is 26.4 Å². The van der Waals surface area contributed by atoms with Crippen LogP contribution in [0, 0.1) is 5.92 Å². The van der Waals surface area contributed by atoms with E-state index in [0.29, 0.717) is 6.04 Å². The smallest absolute Gasteiger partial charge is 0.308 e. The van der Waals surface area contributed by atoms with Gasteiger partial charge in [-0.1, -0.05) is 0 Å². The third-order valence-electron chi connectivity index (χ3n) is 5.47. The van der Waals surface area contributed by atoms with Gasteiger partial charge in [-0.3, -0.25) is 9.69 Å². The Bertz CT molecular complexity index is 363. The molecule has 2 aliphatic heterocycles. The van der Waals surface area contributed by atoms with Gasteiger partial charge in [0.15, 0.2) is 0 Å². The molecule has 4 heteroatoms. The topological polar surface area (TPSA) is 41.6 Å². The van der Waals surface area contributed by atoms with Crippen molar-refractivity contribution in [2.24, 2.45) is 5.92 Å². The fourth-order valence-corrected chi connectivity index (χ4v) is 4.28. The zero-order chi connectivity index (χ0) is 15.7. The van der Waals surface area contributed by atoms with Gasteiger partial charge in [-0.15, -0.1) is 0 Å². The summed E-state index contributed by atoms with van der Waals surface area (Å²) < 4.78 is 4.93. The van der Waals surface area contributed by atoms with Crippen molar-refractivity contribution in [3.63, 3.8) is 0 Å². The number of esters is 1. The number of nitrogens with one attached hydrogen (secondary N) is 1. The number of methoxy groups -OCH3 is 1. The van der Waals surface area contributed by atoms with Crippen molar-refractivity contribution in [2.75, 3.05) is 20.2 Å². The van der Waals surface area contributed by atoms with Gasteiger partial charge in [0.1, 0.15) is 0 Å². The van der Waals surface area contributed by atoms with E-state index >= 15 is 0 Å². The van der Waals surface area contributed by atoms with Gasteiger partial charge in [0.2, 0.25) is 0 Å². The van der Waals surface area contributed by atoms with Crippen LogP contribution in [-0.4, -0.2) is 48.2 Å². The number of piperidine rings is 2. The molecule has 2 saturated heterocycles. The second-order valence-corrected chi connectivity index (χ2v) is 7.98. The van der Waals surface area contributed by atoms with Crippen molar-refractivity contribution >= 4 is 5.97 Å². The van der Waals surface area contributed by atoms with Crippen LogP contribution in [-0.2, 0) is 9.53 Å². The molecule has 2 fully saturated rings. The lowest BCUT2D eigenvalue weighted by atomic mass is 9.79. The summed E-state index contributed by atoms with van der Waals surface area (Å²) >= 11 is 0. The van der Waals surface area contributed by atoms with Gasteiger partial charge in [-0.2, -0.15) is 0 Å². The second-order valence-electron chi connectivity index (χ2n) is 7.98. The Morgan fingerprint density at radius 2 is 1.86 bits per heavy atom. The first kappa shape index (κ1) is 16.8. The molecule has 0 aromatic rings. The molecule has 21 heavy (non-hydrogen) atoms. The molecule has 2 atom stereocenters. The van der Waals surface area contributed by atoms with Crippen LogP contribution in [0.3, 0.4) is 0 Å². The van der Waals surface area contributed by atoms with Gasteiger partial charge in [-0.05, 0) is 66.3 Å². The summed E-state index contributed by atoms with van der Waals surface area (Å²) in [5.74, 6) is 0.0240. The highest BCUT2D eigenvalue weighted by Crippen LogP contribution is 2.38. The first-order valence-corrected chi connectivity index (χ1v) is 8.35. The van der Waals surface area contributed by atoms with Gasteiger partial charge in [0.05, 0.1) is 13.0 Å². The predicted octanol–water partition coefficient (Wildman–Crippen LogP) is 2.57. The summed E-state index contributed by atoms with van der Waals surface area (Å²) in [4.78, 5) is 14.4. The third-order valence-corrected chi connectivity index (χ3v) is 5.47. The lowest BCUT2D eigenvalue weighted by molar-refractivity contribution is -0.146. The van der Waals surface area contributed by atoms with E-state index in [2.05, 4.69) is 37.9 Å². The highest BCUT2D eigenvalue weighted by molar-refractivity contribution is 5.72. The highest BCUT2D eigenvalue weighted by Gasteiger charge is 2.42. The van der Waals surface area contributed by atoms with E-state index in [4.69, 9.17) is 4.74 Å². The van der Waals surface area contributed by atoms with Crippen molar-refractivity contribution in [2.45, 2.75) is 76.9 Å². The Balaban J connectivity index is 2.03. The van der Waals surface area contributed by atoms with Crippen LogP contribution in [0.1, 0.15) is 59.8 Å². The predicted molar refractivity (Wildman–Crippen MR) is 85.2 cm³/mol.